The molecule has 2 atom stereocenters. The Balaban J connectivity index is -0.000000687. The van der Waals surface area contributed by atoms with Crippen LogP contribution >= 0.6 is 0 Å². The summed E-state index contributed by atoms with van der Waals surface area (Å²) in [6.07, 6.45) is -0.419. The van der Waals surface area contributed by atoms with Gasteiger partial charge < -0.3 is 51.8 Å². The van der Waals surface area contributed by atoms with E-state index in [1.165, 1.54) is 0 Å². The van der Waals surface area contributed by atoms with Crippen LogP contribution in [0.25, 0.3) is 0 Å². The summed E-state index contributed by atoms with van der Waals surface area (Å²) in [6.45, 7) is 0. The van der Waals surface area contributed by atoms with Crippen LogP contribution in [0.15, 0.2) is 91.0 Å². The predicted octanol–water partition coefficient (Wildman–Crippen LogP) is -11.6. The predicted molar refractivity (Wildman–Crippen MR) is 166 cm³/mol. The van der Waals surface area contributed by atoms with E-state index in [0.29, 0.717) is 0 Å². The van der Waals surface area contributed by atoms with Crippen LogP contribution in [0, 0.1) is 0 Å². The smallest absolute Gasteiger partial charge is 0.550 e. The van der Waals surface area contributed by atoms with E-state index in [-0.39, 0.29) is 140 Å². The van der Waals surface area contributed by atoms with Crippen LogP contribution in [-0.4, -0.2) is 53.6 Å². The zero-order valence-corrected chi connectivity index (χ0v) is 35.0. The first-order chi connectivity index (χ1) is 22.8. The molecule has 14 nitrogen and oxygen atoms in total. The van der Waals surface area contributed by atoms with Gasteiger partial charge in [-0.25, -0.2) is 0 Å². The fourth-order valence-corrected chi connectivity index (χ4v) is 3.90. The molecule has 3 aromatic carbocycles. The number of primary amides is 2. The van der Waals surface area contributed by atoms with Gasteiger partial charge >= 0.3 is 88.7 Å². The van der Waals surface area contributed by atoms with Gasteiger partial charge in [0, 0.05) is 24.8 Å². The van der Waals surface area contributed by atoms with Crippen molar-refractivity contribution in [1.29, 1.82) is 0 Å². The second kappa shape index (κ2) is 30.6. The second-order valence-electron chi connectivity index (χ2n) is 10.2. The van der Waals surface area contributed by atoms with E-state index in [1.54, 1.807) is 72.8 Å². The first-order valence-electron chi connectivity index (χ1n) is 14.7. The van der Waals surface area contributed by atoms with Crippen molar-refractivity contribution in [3.05, 3.63) is 108 Å². The van der Waals surface area contributed by atoms with Crippen molar-refractivity contribution in [2.75, 3.05) is 0 Å². The summed E-state index contributed by atoms with van der Waals surface area (Å²) in [5.41, 5.74) is 12.4. The summed E-state index contributed by atoms with van der Waals surface area (Å²) < 4.78 is 0. The minimum atomic E-state index is -1.43. The molecule has 0 aromatic heterocycles. The van der Waals surface area contributed by atoms with Crippen molar-refractivity contribution >= 4 is 41.5 Å². The third-order valence-corrected chi connectivity index (χ3v) is 6.22. The molecule has 3 aromatic rings. The zero-order valence-electron chi connectivity index (χ0n) is 29.0. The minimum Gasteiger partial charge on any atom is -0.550 e. The van der Waals surface area contributed by atoms with E-state index in [1.807, 2.05) is 18.2 Å². The van der Waals surface area contributed by atoms with E-state index >= 15 is 0 Å². The van der Waals surface area contributed by atoms with Crippen molar-refractivity contribution in [3.8, 4) is 0 Å². The quantitative estimate of drug-likeness (QED) is 0.101. The molecular weight excluding hydrogens is 693 g/mol. The van der Waals surface area contributed by atoms with Gasteiger partial charge in [-0.05, 0) is 36.0 Å². The molecular formula is C34H37N4Na3O10. The number of carbonyl (C=O) groups excluding carboxylic acids is 7. The van der Waals surface area contributed by atoms with Gasteiger partial charge in [-0.15, -0.1) is 0 Å². The third-order valence-electron chi connectivity index (χ3n) is 6.22. The number of amides is 4. The summed E-state index contributed by atoms with van der Waals surface area (Å²) in [5, 5.41) is 35.9. The van der Waals surface area contributed by atoms with E-state index < -0.39 is 47.7 Å². The summed E-state index contributed by atoms with van der Waals surface area (Å²) >= 11 is 0. The van der Waals surface area contributed by atoms with Crippen LogP contribution < -0.4 is 126 Å². The van der Waals surface area contributed by atoms with E-state index in [0.717, 1.165) is 16.7 Å². The maximum absolute atomic E-state index is 11.7. The van der Waals surface area contributed by atoms with Gasteiger partial charge in [0.2, 0.25) is 23.6 Å². The number of hydrogen-bond donors (Lipinski definition) is 4. The second-order valence-corrected chi connectivity index (χ2v) is 10.2. The summed E-state index contributed by atoms with van der Waals surface area (Å²) in [7, 11) is 0. The van der Waals surface area contributed by atoms with Crippen molar-refractivity contribution < 1.29 is 138 Å². The number of carbonyl (C=O) groups is 7. The number of nitrogens with one attached hydrogen (secondary N) is 2. The monoisotopic (exact) mass is 730 g/mol. The number of hydrogen-bond acceptors (Lipinski definition) is 10. The van der Waals surface area contributed by atoms with Crippen molar-refractivity contribution in [2.24, 2.45) is 11.5 Å². The number of benzene rings is 3. The van der Waals surface area contributed by atoms with Crippen molar-refractivity contribution in [2.45, 2.75) is 57.0 Å². The van der Waals surface area contributed by atoms with Crippen LogP contribution in [0.5, 0.6) is 0 Å². The molecule has 0 aliphatic heterocycles. The van der Waals surface area contributed by atoms with Crippen LogP contribution in [0.1, 0.15) is 42.4 Å². The molecule has 17 heteroatoms. The standard InChI is InChI=1S/2C13H16N2O4.C8H8O2.3Na/c14-13(19)10(6-7-12(17)18)15-11(16)8-9-4-2-1-3-5-9;14-11(16)7-6-10(13(18)19)15-12(17)8-9-4-2-1-3-5-9;9-8(10)6-7-4-2-1-3-5-7;;;/h1-5,10H,6-8H2,(H2,14,19)(H,15,16)(H,17,18);1-5,10H,6-8H2,(H2,14,16)(H,15,17)(H,18,19);1-5H,6H2,(H,9,10);;;/q;;;3*+1/p-3. The van der Waals surface area contributed by atoms with Crippen LogP contribution in [-0.2, 0) is 52.8 Å². The van der Waals surface area contributed by atoms with E-state index in [4.69, 9.17) is 11.5 Å². The summed E-state index contributed by atoms with van der Waals surface area (Å²) in [4.78, 5) is 76.2. The molecule has 256 valence electrons. The fourth-order valence-electron chi connectivity index (χ4n) is 3.90. The number of carboxylic acids is 3. The van der Waals surface area contributed by atoms with Crippen LogP contribution in [0.4, 0.5) is 0 Å². The molecule has 0 radical (unpaired) electrons. The topological polar surface area (TPSA) is 265 Å². The molecule has 4 amide bonds. The van der Waals surface area contributed by atoms with Gasteiger partial charge in [0.15, 0.2) is 0 Å². The molecule has 6 N–H and O–H groups in total. The van der Waals surface area contributed by atoms with Gasteiger partial charge in [-0.1, -0.05) is 91.0 Å². The maximum atomic E-state index is 11.7. The maximum Gasteiger partial charge on any atom is 1.00 e. The molecule has 2 unspecified atom stereocenters. The molecule has 0 heterocycles. The number of nitrogens with two attached hydrogens (primary N) is 2. The van der Waals surface area contributed by atoms with Crippen LogP contribution in [0.3, 0.4) is 0 Å². The number of aliphatic carboxylic acids is 3. The Bertz CT molecular complexity index is 1410. The van der Waals surface area contributed by atoms with Gasteiger partial charge in [-0.2, -0.15) is 0 Å². The average Bonchev–Trinajstić information content (AvgIpc) is 3.02. The number of carboxylic acid groups (broad SMARTS) is 3. The van der Waals surface area contributed by atoms with E-state index in [2.05, 4.69) is 10.6 Å². The molecule has 0 spiro atoms. The first-order valence-corrected chi connectivity index (χ1v) is 14.7. The molecule has 0 aliphatic rings. The Morgan fingerprint density at radius 3 is 1.18 bits per heavy atom. The Kier molecular flexibility index (Phi) is 31.4. The molecule has 51 heavy (non-hydrogen) atoms. The van der Waals surface area contributed by atoms with Gasteiger partial charge in [-0.3, -0.25) is 19.2 Å². The van der Waals surface area contributed by atoms with Crippen molar-refractivity contribution in [3.63, 3.8) is 0 Å². The van der Waals surface area contributed by atoms with Crippen molar-refractivity contribution in [1.82, 2.24) is 10.6 Å². The number of rotatable bonds is 16. The zero-order chi connectivity index (χ0) is 35.9. The molecule has 3 rings (SSSR count). The third kappa shape index (κ3) is 27.3. The van der Waals surface area contributed by atoms with Gasteiger partial charge in [0.05, 0.1) is 24.9 Å². The normalized spacial score (nSPS) is 10.4. The van der Waals surface area contributed by atoms with Crippen LogP contribution in [0.2, 0.25) is 0 Å². The minimum absolute atomic E-state index is 0. The average molecular weight is 731 g/mol. The molecule has 0 saturated heterocycles. The first kappa shape index (κ1) is 52.3. The Labute approximate surface area is 362 Å². The summed E-state index contributed by atoms with van der Waals surface area (Å²) in [5.74, 6) is -5.96. The summed E-state index contributed by atoms with van der Waals surface area (Å²) in [6, 6.07) is 24.7. The SMILES string of the molecule is NC(=O)C(CCC(=O)[O-])NC(=O)Cc1ccccc1.NC(=O)CCC(NC(=O)Cc1ccccc1)C(=O)[O-].O=C([O-])Cc1ccccc1.[Na+].[Na+].[Na+]. The molecule has 0 saturated carbocycles. The Morgan fingerprint density at radius 1 is 0.510 bits per heavy atom. The largest absolute Gasteiger partial charge is 1.00 e. The van der Waals surface area contributed by atoms with Gasteiger partial charge in [0.25, 0.3) is 0 Å². The molecule has 0 aliphatic carbocycles. The molecule has 0 fully saturated rings. The fraction of sp³-hybridized carbons (Fsp3) is 0.265. The van der Waals surface area contributed by atoms with E-state index in [9.17, 15) is 48.9 Å². The Morgan fingerprint density at radius 2 is 0.863 bits per heavy atom. The Hall–Kier alpha value is -3.05. The van der Waals surface area contributed by atoms with Gasteiger partial charge in [0.1, 0.15) is 6.04 Å². The molecule has 0 bridgehead atoms.